The van der Waals surface area contributed by atoms with Gasteiger partial charge in [0.1, 0.15) is 0 Å². The summed E-state index contributed by atoms with van der Waals surface area (Å²) < 4.78 is 0. The molecule has 1 nitrogen and oxygen atoms in total. The fraction of sp³-hybridized carbons (Fsp3) is 0.400. The van der Waals surface area contributed by atoms with E-state index in [2.05, 4.69) is 80.7 Å². The van der Waals surface area contributed by atoms with Crippen LogP contribution in [0.4, 0.5) is 0 Å². The molecule has 21 heavy (non-hydrogen) atoms. The summed E-state index contributed by atoms with van der Waals surface area (Å²) in [5.74, 6) is 0. The monoisotopic (exact) mass is 281 g/mol. The highest BCUT2D eigenvalue weighted by molar-refractivity contribution is 5.26. The van der Waals surface area contributed by atoms with Crippen LogP contribution >= 0.6 is 0 Å². The minimum absolute atomic E-state index is 0.362. The molecule has 0 aromatic heterocycles. The molecule has 0 saturated carbocycles. The van der Waals surface area contributed by atoms with Gasteiger partial charge in [-0.15, -0.1) is 0 Å². The van der Waals surface area contributed by atoms with Gasteiger partial charge in [0, 0.05) is 12.1 Å². The maximum Gasteiger partial charge on any atom is 0.0297 e. The summed E-state index contributed by atoms with van der Waals surface area (Å²) in [5, 5.41) is 3.68. The number of nitrogens with one attached hydrogen (secondary N) is 1. The molecule has 0 heterocycles. The van der Waals surface area contributed by atoms with Gasteiger partial charge in [-0.1, -0.05) is 67.9 Å². The summed E-state index contributed by atoms with van der Waals surface area (Å²) in [5.41, 5.74) is 4.14. The molecule has 0 aliphatic rings. The van der Waals surface area contributed by atoms with E-state index in [9.17, 15) is 0 Å². The Bertz CT molecular complexity index is 515. The average Bonchev–Trinajstić information content (AvgIpc) is 2.54. The Kier molecular flexibility index (Phi) is 6.01. The first-order chi connectivity index (χ1) is 10.2. The van der Waals surface area contributed by atoms with Crippen LogP contribution in [-0.2, 0) is 6.42 Å². The Morgan fingerprint density at radius 3 is 1.95 bits per heavy atom. The molecule has 0 aliphatic carbocycles. The molecule has 112 valence electrons. The second kappa shape index (κ2) is 7.99. The van der Waals surface area contributed by atoms with Gasteiger partial charge in [-0.25, -0.2) is 0 Å². The van der Waals surface area contributed by atoms with Gasteiger partial charge in [-0.05, 0) is 43.4 Å². The standard InChI is InChI=1S/C20H27N/c1-4-5-9-18-12-14-20(15-13-18)17(3)21-16(2)19-10-7-6-8-11-19/h6-8,10-17,21H,4-5,9H2,1-3H3. The Morgan fingerprint density at radius 1 is 0.810 bits per heavy atom. The van der Waals surface area contributed by atoms with Gasteiger partial charge in [0.05, 0.1) is 0 Å². The Labute approximate surface area is 129 Å². The van der Waals surface area contributed by atoms with Gasteiger partial charge >= 0.3 is 0 Å². The summed E-state index contributed by atoms with van der Waals surface area (Å²) in [4.78, 5) is 0. The number of aryl methyl sites for hydroxylation is 1. The van der Waals surface area contributed by atoms with Gasteiger partial charge in [0.2, 0.25) is 0 Å². The average molecular weight is 281 g/mol. The van der Waals surface area contributed by atoms with Crippen molar-refractivity contribution in [3.63, 3.8) is 0 Å². The minimum Gasteiger partial charge on any atom is -0.304 e. The van der Waals surface area contributed by atoms with E-state index >= 15 is 0 Å². The van der Waals surface area contributed by atoms with Crippen molar-refractivity contribution < 1.29 is 0 Å². The fourth-order valence-electron chi connectivity index (χ4n) is 2.66. The van der Waals surface area contributed by atoms with Crippen LogP contribution in [-0.4, -0.2) is 0 Å². The van der Waals surface area contributed by atoms with Crippen LogP contribution in [0.15, 0.2) is 54.6 Å². The van der Waals surface area contributed by atoms with Gasteiger partial charge in [0.25, 0.3) is 0 Å². The second-order valence-electron chi connectivity index (χ2n) is 5.87. The third-order valence-electron chi connectivity index (χ3n) is 4.10. The molecule has 2 aromatic carbocycles. The van der Waals surface area contributed by atoms with Crippen molar-refractivity contribution in [2.75, 3.05) is 0 Å². The lowest BCUT2D eigenvalue weighted by Crippen LogP contribution is -2.22. The fourth-order valence-corrected chi connectivity index (χ4v) is 2.66. The van der Waals surface area contributed by atoms with Crippen LogP contribution in [0.1, 0.15) is 62.4 Å². The van der Waals surface area contributed by atoms with Crippen LogP contribution < -0.4 is 5.32 Å². The van der Waals surface area contributed by atoms with Crippen LogP contribution in [0.3, 0.4) is 0 Å². The lowest BCUT2D eigenvalue weighted by molar-refractivity contribution is 0.494. The van der Waals surface area contributed by atoms with Crippen LogP contribution in [0, 0.1) is 0 Å². The molecule has 0 bridgehead atoms. The van der Waals surface area contributed by atoms with Crippen molar-refractivity contribution in [3.05, 3.63) is 71.3 Å². The van der Waals surface area contributed by atoms with Gasteiger partial charge in [-0.2, -0.15) is 0 Å². The summed E-state index contributed by atoms with van der Waals surface area (Å²) in [7, 11) is 0. The predicted molar refractivity (Wildman–Crippen MR) is 91.5 cm³/mol. The van der Waals surface area contributed by atoms with E-state index in [0.717, 1.165) is 0 Å². The SMILES string of the molecule is CCCCc1ccc(C(C)NC(C)c2ccccc2)cc1. The number of benzene rings is 2. The first-order valence-corrected chi connectivity index (χ1v) is 8.10. The lowest BCUT2D eigenvalue weighted by Gasteiger charge is -2.21. The molecule has 2 unspecified atom stereocenters. The van der Waals surface area contributed by atoms with Gasteiger partial charge in [-0.3, -0.25) is 0 Å². The second-order valence-corrected chi connectivity index (χ2v) is 5.87. The summed E-state index contributed by atoms with van der Waals surface area (Å²) >= 11 is 0. The molecule has 2 aromatic rings. The van der Waals surface area contributed by atoms with Gasteiger partial charge in [0.15, 0.2) is 0 Å². The predicted octanol–water partition coefficient (Wildman–Crippen LogP) is 5.44. The molecular formula is C20H27N. The van der Waals surface area contributed by atoms with E-state index in [1.54, 1.807) is 0 Å². The number of unbranched alkanes of at least 4 members (excludes halogenated alkanes) is 1. The van der Waals surface area contributed by atoms with Crippen molar-refractivity contribution in [1.82, 2.24) is 5.32 Å². The number of hydrogen-bond acceptors (Lipinski definition) is 1. The third kappa shape index (κ3) is 4.71. The molecule has 2 rings (SSSR count). The van der Waals surface area contributed by atoms with Gasteiger partial charge < -0.3 is 5.32 Å². The van der Waals surface area contributed by atoms with E-state index in [-0.39, 0.29) is 0 Å². The van der Waals surface area contributed by atoms with E-state index in [1.807, 2.05) is 0 Å². The Balaban J connectivity index is 1.95. The molecule has 1 heteroatoms. The molecule has 2 atom stereocenters. The number of hydrogen-bond donors (Lipinski definition) is 1. The van der Waals surface area contributed by atoms with E-state index < -0.39 is 0 Å². The van der Waals surface area contributed by atoms with Crippen LogP contribution in [0.2, 0.25) is 0 Å². The van der Waals surface area contributed by atoms with E-state index in [0.29, 0.717) is 12.1 Å². The normalized spacial score (nSPS) is 13.9. The molecule has 1 N–H and O–H groups in total. The van der Waals surface area contributed by atoms with E-state index in [4.69, 9.17) is 0 Å². The van der Waals surface area contributed by atoms with Crippen LogP contribution in [0.25, 0.3) is 0 Å². The molecule has 0 spiro atoms. The summed E-state index contributed by atoms with van der Waals surface area (Å²) in [6.07, 6.45) is 3.73. The minimum atomic E-state index is 0.362. The first-order valence-electron chi connectivity index (χ1n) is 8.10. The van der Waals surface area contributed by atoms with Crippen LogP contribution in [0.5, 0.6) is 0 Å². The molecule has 0 aliphatic heterocycles. The molecule has 0 amide bonds. The van der Waals surface area contributed by atoms with Crippen molar-refractivity contribution in [2.45, 2.75) is 52.1 Å². The topological polar surface area (TPSA) is 12.0 Å². The number of rotatable bonds is 7. The van der Waals surface area contributed by atoms with Crippen molar-refractivity contribution in [2.24, 2.45) is 0 Å². The molecular weight excluding hydrogens is 254 g/mol. The highest BCUT2D eigenvalue weighted by atomic mass is 14.9. The molecule has 0 radical (unpaired) electrons. The maximum absolute atomic E-state index is 3.68. The maximum atomic E-state index is 3.68. The largest absolute Gasteiger partial charge is 0.304 e. The zero-order valence-corrected chi connectivity index (χ0v) is 13.5. The van der Waals surface area contributed by atoms with Crippen molar-refractivity contribution in [1.29, 1.82) is 0 Å². The summed E-state index contributed by atoms with van der Waals surface area (Å²) in [6, 6.07) is 20.4. The smallest absolute Gasteiger partial charge is 0.0297 e. The third-order valence-corrected chi connectivity index (χ3v) is 4.10. The first kappa shape index (κ1) is 15.8. The molecule has 0 fully saturated rings. The Morgan fingerprint density at radius 2 is 1.38 bits per heavy atom. The highest BCUT2D eigenvalue weighted by Crippen LogP contribution is 2.20. The zero-order chi connectivity index (χ0) is 15.1. The Hall–Kier alpha value is -1.60. The lowest BCUT2D eigenvalue weighted by atomic mass is 10.0. The van der Waals surface area contributed by atoms with Crippen molar-refractivity contribution >= 4 is 0 Å². The molecule has 0 saturated heterocycles. The quantitative estimate of drug-likeness (QED) is 0.712. The van der Waals surface area contributed by atoms with Crippen molar-refractivity contribution in [3.8, 4) is 0 Å². The highest BCUT2D eigenvalue weighted by Gasteiger charge is 2.10. The zero-order valence-electron chi connectivity index (χ0n) is 13.5. The van der Waals surface area contributed by atoms with E-state index in [1.165, 1.54) is 36.0 Å². The summed E-state index contributed by atoms with van der Waals surface area (Å²) in [6.45, 7) is 6.70.